The van der Waals surface area contributed by atoms with Gasteiger partial charge in [0.1, 0.15) is 0 Å². The van der Waals surface area contributed by atoms with Crippen molar-refractivity contribution in [3.05, 3.63) is 0 Å². The highest BCUT2D eigenvalue weighted by atomic mass is 19.3. The maximum atomic E-state index is 12.3. The molecule has 0 radical (unpaired) electrons. The fourth-order valence-corrected chi connectivity index (χ4v) is 2.59. The van der Waals surface area contributed by atoms with E-state index < -0.39 is 12.1 Å². The van der Waals surface area contributed by atoms with E-state index in [-0.39, 0.29) is 18.5 Å². The molecule has 0 aromatic heterocycles. The summed E-state index contributed by atoms with van der Waals surface area (Å²) < 4.78 is 24.5. The molecule has 2 heterocycles. The molecule has 7 heteroatoms. The average molecular weight is 298 g/mol. The van der Waals surface area contributed by atoms with Crippen LogP contribution in [0.25, 0.3) is 0 Å². The minimum absolute atomic E-state index is 0.0361. The fraction of sp³-hybridized carbons (Fsp3) is 0.786. The van der Waals surface area contributed by atoms with Gasteiger partial charge >= 0.3 is 0 Å². The summed E-state index contributed by atoms with van der Waals surface area (Å²) in [5.74, 6) is 2.47. The number of alkyl halides is 2. The molecule has 2 rings (SSSR count). The first-order valence-corrected chi connectivity index (χ1v) is 7.20. The van der Waals surface area contributed by atoms with Gasteiger partial charge in [-0.3, -0.25) is 9.69 Å². The molecule has 0 aliphatic carbocycles. The molecule has 0 aromatic carbocycles. The van der Waals surface area contributed by atoms with E-state index in [0.29, 0.717) is 38.8 Å². The Bertz CT molecular complexity index is 441. The number of carbonyl (C=O) groups excluding carboxylic acids is 1. The second kappa shape index (κ2) is 6.94. The van der Waals surface area contributed by atoms with Gasteiger partial charge in [-0.1, -0.05) is 0 Å². The number of nitrogens with zero attached hydrogens (tertiary/aromatic N) is 3. The van der Waals surface area contributed by atoms with Crippen LogP contribution in [0.3, 0.4) is 0 Å². The summed E-state index contributed by atoms with van der Waals surface area (Å²) >= 11 is 0. The molecule has 21 heavy (non-hydrogen) atoms. The smallest absolute Gasteiger partial charge is 0.251 e. The fourth-order valence-electron chi connectivity index (χ4n) is 2.59. The van der Waals surface area contributed by atoms with Crippen LogP contribution >= 0.6 is 0 Å². The summed E-state index contributed by atoms with van der Waals surface area (Å²) in [6.45, 7) is 0.873. The molecule has 0 spiro atoms. The minimum atomic E-state index is -2.33. The molecular weight excluding hydrogens is 278 g/mol. The molecule has 1 unspecified atom stereocenters. The summed E-state index contributed by atoms with van der Waals surface area (Å²) in [7, 11) is 0. The highest BCUT2D eigenvalue weighted by molar-refractivity contribution is 5.76. The molecule has 2 aliphatic heterocycles. The number of amides is 1. The van der Waals surface area contributed by atoms with Crippen LogP contribution in [0, 0.1) is 12.3 Å². The third-order valence-electron chi connectivity index (χ3n) is 3.84. The van der Waals surface area contributed by atoms with E-state index in [0.717, 1.165) is 6.42 Å². The lowest BCUT2D eigenvalue weighted by molar-refractivity contribution is -0.122. The third kappa shape index (κ3) is 5.05. The molecule has 1 amide bonds. The number of halogens is 2. The number of rotatable bonds is 8. The predicted molar refractivity (Wildman–Crippen MR) is 73.9 cm³/mol. The van der Waals surface area contributed by atoms with Gasteiger partial charge in [0.15, 0.2) is 5.66 Å². The Morgan fingerprint density at radius 2 is 2.24 bits per heavy atom. The zero-order valence-electron chi connectivity index (χ0n) is 11.9. The van der Waals surface area contributed by atoms with Gasteiger partial charge in [0.2, 0.25) is 5.91 Å². The van der Waals surface area contributed by atoms with Crippen LogP contribution in [-0.2, 0) is 4.79 Å². The number of carbonyl (C=O) groups is 1. The molecule has 1 fully saturated rings. The van der Waals surface area contributed by atoms with Gasteiger partial charge in [0.05, 0.1) is 6.54 Å². The highest BCUT2D eigenvalue weighted by Gasteiger charge is 2.39. The standard InChI is InChI=1S/C14H20F2N4O/c1-2-3-6-14(18-19-14)7-4-13(21)17-11-5-8-20(9-11)10-12(15)16/h1,11-12H,3-10H2,(H,17,21). The average Bonchev–Trinajstić information content (AvgIpc) is 3.08. The molecule has 1 atom stereocenters. The van der Waals surface area contributed by atoms with Crippen molar-refractivity contribution < 1.29 is 13.6 Å². The molecule has 1 N–H and O–H groups in total. The van der Waals surface area contributed by atoms with Crippen molar-refractivity contribution in [1.82, 2.24) is 10.2 Å². The summed E-state index contributed by atoms with van der Waals surface area (Å²) in [5.41, 5.74) is -0.443. The molecular formula is C14H20F2N4O. The van der Waals surface area contributed by atoms with E-state index in [1.54, 1.807) is 4.90 Å². The molecule has 2 aliphatic rings. The highest BCUT2D eigenvalue weighted by Crippen LogP contribution is 2.37. The van der Waals surface area contributed by atoms with Crippen molar-refractivity contribution in [3.8, 4) is 12.3 Å². The normalized spacial score (nSPS) is 23.2. The topological polar surface area (TPSA) is 57.1 Å². The van der Waals surface area contributed by atoms with E-state index in [4.69, 9.17) is 6.42 Å². The largest absolute Gasteiger partial charge is 0.352 e. The van der Waals surface area contributed by atoms with Crippen LogP contribution in [0.1, 0.15) is 32.1 Å². The van der Waals surface area contributed by atoms with Gasteiger partial charge in [-0.2, -0.15) is 10.2 Å². The lowest BCUT2D eigenvalue weighted by Crippen LogP contribution is -2.38. The van der Waals surface area contributed by atoms with E-state index >= 15 is 0 Å². The van der Waals surface area contributed by atoms with Crippen molar-refractivity contribution in [2.24, 2.45) is 10.2 Å². The van der Waals surface area contributed by atoms with Crippen LogP contribution < -0.4 is 5.32 Å². The monoisotopic (exact) mass is 298 g/mol. The number of likely N-dealkylation sites (tertiary alicyclic amines) is 1. The second-order valence-corrected chi connectivity index (χ2v) is 5.59. The second-order valence-electron chi connectivity index (χ2n) is 5.59. The maximum Gasteiger partial charge on any atom is 0.251 e. The van der Waals surface area contributed by atoms with Gasteiger partial charge in [0.25, 0.3) is 6.43 Å². The molecule has 0 bridgehead atoms. The van der Waals surface area contributed by atoms with Crippen molar-refractivity contribution in [2.75, 3.05) is 19.6 Å². The van der Waals surface area contributed by atoms with E-state index in [9.17, 15) is 13.6 Å². The van der Waals surface area contributed by atoms with Crippen molar-refractivity contribution in [1.29, 1.82) is 0 Å². The molecule has 0 aromatic rings. The summed E-state index contributed by atoms with van der Waals surface area (Å²) in [4.78, 5) is 13.6. The van der Waals surface area contributed by atoms with Crippen LogP contribution in [-0.4, -0.2) is 48.6 Å². The van der Waals surface area contributed by atoms with E-state index in [2.05, 4.69) is 21.5 Å². The van der Waals surface area contributed by atoms with Crippen LogP contribution in [0.4, 0.5) is 8.78 Å². The van der Waals surface area contributed by atoms with Crippen LogP contribution in [0.2, 0.25) is 0 Å². The SMILES string of the molecule is C#CCCC1(CCC(=O)NC2CCN(CC(F)F)C2)N=N1. The van der Waals surface area contributed by atoms with Crippen molar-refractivity contribution in [3.63, 3.8) is 0 Å². The molecule has 116 valence electrons. The van der Waals surface area contributed by atoms with Crippen LogP contribution in [0.5, 0.6) is 0 Å². The number of nitrogens with one attached hydrogen (secondary N) is 1. The predicted octanol–water partition coefficient (Wildman–Crippen LogP) is 1.80. The van der Waals surface area contributed by atoms with Crippen molar-refractivity contribution in [2.45, 2.75) is 50.2 Å². The first-order valence-electron chi connectivity index (χ1n) is 7.20. The quantitative estimate of drug-likeness (QED) is 0.695. The summed E-state index contributed by atoms with van der Waals surface area (Å²) in [6.07, 6.45) is 5.78. The lowest BCUT2D eigenvalue weighted by Gasteiger charge is -2.16. The Labute approximate surface area is 123 Å². The number of hydrogen-bond donors (Lipinski definition) is 1. The Balaban J connectivity index is 1.63. The zero-order chi connectivity index (χ0) is 15.3. The minimum Gasteiger partial charge on any atom is -0.352 e. The Kier molecular flexibility index (Phi) is 5.23. The van der Waals surface area contributed by atoms with Crippen LogP contribution in [0.15, 0.2) is 10.2 Å². The van der Waals surface area contributed by atoms with Crippen molar-refractivity contribution >= 4 is 5.91 Å². The van der Waals surface area contributed by atoms with Gasteiger partial charge in [-0.15, -0.1) is 12.3 Å². The van der Waals surface area contributed by atoms with Gasteiger partial charge in [0, 0.05) is 44.8 Å². The summed E-state index contributed by atoms with van der Waals surface area (Å²) in [6, 6.07) is -0.0361. The lowest BCUT2D eigenvalue weighted by atomic mass is 10.0. The first-order chi connectivity index (χ1) is 10.0. The molecule has 1 saturated heterocycles. The van der Waals surface area contributed by atoms with E-state index in [1.807, 2.05) is 0 Å². The van der Waals surface area contributed by atoms with Gasteiger partial charge in [-0.05, 0) is 6.42 Å². The zero-order valence-corrected chi connectivity index (χ0v) is 11.9. The Morgan fingerprint density at radius 1 is 1.48 bits per heavy atom. The molecule has 0 saturated carbocycles. The maximum absolute atomic E-state index is 12.3. The number of hydrogen-bond acceptors (Lipinski definition) is 4. The molecule has 5 nitrogen and oxygen atoms in total. The van der Waals surface area contributed by atoms with E-state index in [1.165, 1.54) is 0 Å². The summed E-state index contributed by atoms with van der Waals surface area (Å²) in [5, 5.41) is 10.8. The Morgan fingerprint density at radius 3 is 2.86 bits per heavy atom. The third-order valence-corrected chi connectivity index (χ3v) is 3.84. The van der Waals surface area contributed by atoms with Gasteiger partial charge in [-0.25, -0.2) is 8.78 Å². The first kappa shape index (κ1) is 15.8. The number of terminal acetylenes is 1. The Hall–Kier alpha value is -1.55. The van der Waals surface area contributed by atoms with Gasteiger partial charge < -0.3 is 5.32 Å².